The Kier molecular flexibility index (Phi) is 4.80. The van der Waals surface area contributed by atoms with Gasteiger partial charge in [0.25, 0.3) is 11.8 Å². The van der Waals surface area contributed by atoms with Crippen molar-refractivity contribution in [3.05, 3.63) is 60.2 Å². The maximum absolute atomic E-state index is 15.1. The summed E-state index contributed by atoms with van der Waals surface area (Å²) in [5.74, 6) is -5.05. The van der Waals surface area contributed by atoms with Crippen LogP contribution in [0.3, 0.4) is 0 Å². The van der Waals surface area contributed by atoms with E-state index in [0.717, 1.165) is 11.0 Å². The van der Waals surface area contributed by atoms with Gasteiger partial charge < -0.3 is 10.2 Å². The highest BCUT2D eigenvalue weighted by atomic mass is 19.3. The first-order chi connectivity index (χ1) is 13.8. The summed E-state index contributed by atoms with van der Waals surface area (Å²) in [7, 11) is 0. The van der Waals surface area contributed by atoms with Gasteiger partial charge in [-0.2, -0.15) is 0 Å². The van der Waals surface area contributed by atoms with Crippen LogP contribution in [0.25, 0.3) is 0 Å². The molecule has 152 valence electrons. The monoisotopic (exact) mass is 403 g/mol. The minimum Gasteiger partial charge on any atom is -0.348 e. The number of carbonyl (C=O) groups is 2. The van der Waals surface area contributed by atoms with Gasteiger partial charge in [-0.25, -0.2) is 13.2 Å². The van der Waals surface area contributed by atoms with Gasteiger partial charge in [0.05, 0.1) is 6.54 Å². The smallest absolute Gasteiger partial charge is 0.280 e. The Morgan fingerprint density at radius 3 is 2.76 bits per heavy atom. The first kappa shape index (κ1) is 19.4. The number of aromatic nitrogens is 1. The van der Waals surface area contributed by atoms with E-state index in [2.05, 4.69) is 10.3 Å². The third kappa shape index (κ3) is 3.36. The highest BCUT2D eigenvalue weighted by Gasteiger charge is 2.67. The first-order valence-electron chi connectivity index (χ1n) is 9.50. The lowest BCUT2D eigenvalue weighted by Crippen LogP contribution is -2.51. The second-order valence-corrected chi connectivity index (χ2v) is 7.64. The van der Waals surface area contributed by atoms with Crippen LogP contribution in [0.2, 0.25) is 0 Å². The molecule has 1 spiro atoms. The van der Waals surface area contributed by atoms with Crippen LogP contribution in [0.4, 0.5) is 18.9 Å². The third-order valence-corrected chi connectivity index (χ3v) is 5.81. The normalized spacial score (nSPS) is 26.0. The van der Waals surface area contributed by atoms with Crippen LogP contribution < -0.4 is 10.2 Å². The van der Waals surface area contributed by atoms with Crippen molar-refractivity contribution in [2.45, 2.75) is 37.6 Å². The summed E-state index contributed by atoms with van der Waals surface area (Å²) in [6.45, 7) is -0.795. The number of hydrogen-bond donors (Lipinski definition) is 1. The second kappa shape index (κ2) is 7.17. The Labute approximate surface area is 165 Å². The molecule has 2 heterocycles. The molecule has 2 aromatic rings. The van der Waals surface area contributed by atoms with E-state index in [0.29, 0.717) is 12.8 Å². The van der Waals surface area contributed by atoms with Gasteiger partial charge in [-0.05, 0) is 49.6 Å². The molecule has 2 amide bonds. The molecule has 1 aliphatic heterocycles. The van der Waals surface area contributed by atoms with Crippen LogP contribution in [-0.4, -0.2) is 35.3 Å². The Bertz CT molecular complexity index is 938. The van der Waals surface area contributed by atoms with Gasteiger partial charge in [0.15, 0.2) is 0 Å². The second-order valence-electron chi connectivity index (χ2n) is 7.64. The molecule has 29 heavy (non-hydrogen) atoms. The number of carbonyl (C=O) groups excluding carboxylic acids is 2. The average molecular weight is 403 g/mol. The highest BCUT2D eigenvalue weighted by molar-refractivity contribution is 6.01. The molecule has 0 radical (unpaired) electrons. The molecular weight excluding hydrogens is 383 g/mol. The maximum atomic E-state index is 15.1. The fraction of sp³-hybridized carbons (Fsp3) is 0.381. The molecule has 1 saturated heterocycles. The number of halogens is 3. The van der Waals surface area contributed by atoms with Crippen molar-refractivity contribution in [1.82, 2.24) is 10.3 Å². The standard InChI is InChI=1S/C21H20F3N3O2/c22-14-5-3-7-16(11-14)27-13-21(23,24)20(19(27)29)9-4-6-15(12-20)26-18(28)17-8-1-2-10-25-17/h1-3,5,7-8,10-11,15H,4,6,9,12-13H2,(H,26,28). The lowest BCUT2D eigenvalue weighted by molar-refractivity contribution is -0.149. The number of nitrogens with one attached hydrogen (secondary N) is 1. The van der Waals surface area contributed by atoms with E-state index in [1.807, 2.05) is 0 Å². The Balaban J connectivity index is 1.57. The van der Waals surface area contributed by atoms with E-state index >= 15 is 8.78 Å². The topological polar surface area (TPSA) is 62.3 Å². The summed E-state index contributed by atoms with van der Waals surface area (Å²) in [5, 5.41) is 2.74. The zero-order valence-electron chi connectivity index (χ0n) is 15.6. The fourth-order valence-corrected chi connectivity index (χ4v) is 4.37. The van der Waals surface area contributed by atoms with Crippen LogP contribution in [0.1, 0.15) is 36.2 Å². The van der Waals surface area contributed by atoms with Gasteiger partial charge in [0.2, 0.25) is 5.91 Å². The number of hydrogen-bond acceptors (Lipinski definition) is 3. The molecule has 2 aliphatic rings. The molecular formula is C21H20F3N3O2. The first-order valence-corrected chi connectivity index (χ1v) is 9.50. The molecule has 2 unspecified atom stereocenters. The largest absolute Gasteiger partial charge is 0.348 e. The van der Waals surface area contributed by atoms with Crippen molar-refractivity contribution < 1.29 is 22.8 Å². The van der Waals surface area contributed by atoms with Crippen molar-refractivity contribution in [3.63, 3.8) is 0 Å². The lowest BCUT2D eigenvalue weighted by Gasteiger charge is -2.39. The number of alkyl halides is 2. The number of rotatable bonds is 3. The molecule has 4 rings (SSSR count). The van der Waals surface area contributed by atoms with Gasteiger partial charge in [-0.3, -0.25) is 14.6 Å². The van der Waals surface area contributed by atoms with Gasteiger partial charge in [0.1, 0.15) is 16.9 Å². The zero-order valence-corrected chi connectivity index (χ0v) is 15.6. The van der Waals surface area contributed by atoms with E-state index in [-0.39, 0.29) is 24.2 Å². The van der Waals surface area contributed by atoms with E-state index in [9.17, 15) is 14.0 Å². The Morgan fingerprint density at radius 2 is 2.03 bits per heavy atom. The highest BCUT2D eigenvalue weighted by Crippen LogP contribution is 2.54. The molecule has 2 atom stereocenters. The van der Waals surface area contributed by atoms with E-state index in [1.165, 1.54) is 30.5 Å². The van der Waals surface area contributed by atoms with Gasteiger partial charge in [-0.1, -0.05) is 18.6 Å². The number of pyridine rings is 1. The quantitative estimate of drug-likeness (QED) is 0.853. The SMILES string of the molecule is O=C(NC1CCCC2(C1)C(=O)N(c1cccc(F)c1)CC2(F)F)c1ccccn1. The van der Waals surface area contributed by atoms with Crippen molar-refractivity contribution in [3.8, 4) is 0 Å². The molecule has 1 aliphatic carbocycles. The van der Waals surface area contributed by atoms with Crippen molar-refractivity contribution >= 4 is 17.5 Å². The molecule has 1 aromatic heterocycles. The van der Waals surface area contributed by atoms with E-state index < -0.39 is 41.6 Å². The van der Waals surface area contributed by atoms with Crippen LogP contribution in [-0.2, 0) is 4.79 Å². The van der Waals surface area contributed by atoms with Crippen molar-refractivity contribution in [1.29, 1.82) is 0 Å². The third-order valence-electron chi connectivity index (χ3n) is 5.81. The van der Waals surface area contributed by atoms with Crippen LogP contribution in [0, 0.1) is 11.2 Å². The summed E-state index contributed by atoms with van der Waals surface area (Å²) < 4.78 is 43.8. The molecule has 2 fully saturated rings. The van der Waals surface area contributed by atoms with Gasteiger partial charge in [0, 0.05) is 17.9 Å². The van der Waals surface area contributed by atoms with Gasteiger partial charge in [-0.15, -0.1) is 0 Å². The number of anilines is 1. The molecule has 1 aromatic carbocycles. The summed E-state index contributed by atoms with van der Waals surface area (Å²) in [6, 6.07) is 9.41. The summed E-state index contributed by atoms with van der Waals surface area (Å²) >= 11 is 0. The van der Waals surface area contributed by atoms with Gasteiger partial charge >= 0.3 is 0 Å². The summed E-state index contributed by atoms with van der Waals surface area (Å²) in [6.07, 6.45) is 2.22. The predicted molar refractivity (Wildman–Crippen MR) is 100 cm³/mol. The van der Waals surface area contributed by atoms with Crippen LogP contribution in [0.15, 0.2) is 48.7 Å². The molecule has 5 nitrogen and oxygen atoms in total. The van der Waals surface area contributed by atoms with Crippen molar-refractivity contribution in [2.24, 2.45) is 5.41 Å². The lowest BCUT2D eigenvalue weighted by atomic mass is 9.69. The summed E-state index contributed by atoms with van der Waals surface area (Å²) in [4.78, 5) is 30.4. The Hall–Kier alpha value is -2.90. The number of benzene rings is 1. The zero-order chi connectivity index (χ0) is 20.6. The molecule has 8 heteroatoms. The predicted octanol–water partition coefficient (Wildman–Crippen LogP) is 3.56. The number of amides is 2. The Morgan fingerprint density at radius 1 is 1.21 bits per heavy atom. The van der Waals surface area contributed by atoms with E-state index in [1.54, 1.807) is 12.1 Å². The minimum atomic E-state index is -3.29. The van der Waals surface area contributed by atoms with Crippen LogP contribution >= 0.6 is 0 Å². The number of nitrogens with zero attached hydrogens (tertiary/aromatic N) is 2. The molecule has 1 N–H and O–H groups in total. The maximum Gasteiger partial charge on any atom is 0.280 e. The van der Waals surface area contributed by atoms with Crippen LogP contribution in [0.5, 0.6) is 0 Å². The minimum absolute atomic E-state index is 0.0284. The van der Waals surface area contributed by atoms with E-state index in [4.69, 9.17) is 0 Å². The fourth-order valence-electron chi connectivity index (χ4n) is 4.37. The van der Waals surface area contributed by atoms with Crippen molar-refractivity contribution in [2.75, 3.05) is 11.4 Å². The molecule has 0 bridgehead atoms. The average Bonchev–Trinajstić information content (AvgIpc) is 2.89. The molecule has 1 saturated carbocycles. The summed E-state index contributed by atoms with van der Waals surface area (Å²) in [5.41, 5.74) is -1.59.